The van der Waals surface area contributed by atoms with E-state index >= 15 is 0 Å². The molecule has 1 aromatic carbocycles. The average Bonchev–Trinajstić information content (AvgIpc) is 2.73. The number of nitrogens with zero attached hydrogens (tertiary/aromatic N) is 2. The Morgan fingerprint density at radius 3 is 2.85 bits per heavy atom. The van der Waals surface area contributed by atoms with E-state index in [2.05, 4.69) is 9.97 Å². The zero-order chi connectivity index (χ0) is 14.3. The second-order valence-corrected chi connectivity index (χ2v) is 5.27. The molecule has 0 radical (unpaired) electrons. The fourth-order valence-electron chi connectivity index (χ4n) is 2.21. The number of fused-ring (bicyclic) bond motifs is 1. The molecule has 102 valence electrons. The van der Waals surface area contributed by atoms with Gasteiger partial charge in [0.1, 0.15) is 5.75 Å². The van der Waals surface area contributed by atoms with Crippen LogP contribution in [0.5, 0.6) is 5.75 Å². The van der Waals surface area contributed by atoms with Crippen LogP contribution in [0.3, 0.4) is 0 Å². The first kappa shape index (κ1) is 13.1. The largest absolute Gasteiger partial charge is 0.496 e. The summed E-state index contributed by atoms with van der Waals surface area (Å²) in [6.07, 6.45) is 1.61. The van der Waals surface area contributed by atoms with E-state index < -0.39 is 0 Å². The van der Waals surface area contributed by atoms with E-state index in [-0.39, 0.29) is 0 Å². The van der Waals surface area contributed by atoms with Crippen molar-refractivity contribution in [2.45, 2.75) is 6.92 Å². The van der Waals surface area contributed by atoms with Gasteiger partial charge in [0.15, 0.2) is 10.4 Å². The molecule has 0 saturated heterocycles. The van der Waals surface area contributed by atoms with Gasteiger partial charge in [-0.2, -0.15) is 0 Å². The molecule has 0 atom stereocenters. The van der Waals surface area contributed by atoms with E-state index in [0.29, 0.717) is 9.79 Å². The van der Waals surface area contributed by atoms with Crippen LogP contribution in [0, 0.1) is 11.7 Å². The average molecular weight is 306 g/mol. The maximum atomic E-state index is 5.95. The van der Waals surface area contributed by atoms with Crippen molar-refractivity contribution in [1.82, 2.24) is 14.5 Å². The third-order valence-electron chi connectivity index (χ3n) is 3.13. The number of imidazole rings is 1. The lowest BCUT2D eigenvalue weighted by atomic mass is 10.2. The maximum absolute atomic E-state index is 5.95. The molecule has 0 aliphatic carbocycles. The summed E-state index contributed by atoms with van der Waals surface area (Å²) in [5.41, 5.74) is 3.55. The van der Waals surface area contributed by atoms with Crippen LogP contribution < -0.4 is 4.74 Å². The summed E-state index contributed by atoms with van der Waals surface area (Å²) in [5, 5.41) is 0.576. The molecule has 4 nitrogen and oxygen atoms in total. The van der Waals surface area contributed by atoms with E-state index in [4.69, 9.17) is 28.6 Å². The van der Waals surface area contributed by atoms with E-state index in [0.717, 1.165) is 28.2 Å². The first-order chi connectivity index (χ1) is 9.60. The van der Waals surface area contributed by atoms with Gasteiger partial charge in [0.05, 0.1) is 23.3 Å². The van der Waals surface area contributed by atoms with Gasteiger partial charge in [-0.1, -0.05) is 11.6 Å². The second-order valence-electron chi connectivity index (χ2n) is 4.44. The lowest BCUT2D eigenvalue weighted by Crippen LogP contribution is -1.97. The van der Waals surface area contributed by atoms with Gasteiger partial charge in [-0.15, -0.1) is 0 Å². The molecule has 0 aliphatic heterocycles. The number of methoxy groups -OCH3 is 1. The second kappa shape index (κ2) is 4.92. The van der Waals surface area contributed by atoms with Crippen molar-refractivity contribution in [3.8, 4) is 11.4 Å². The van der Waals surface area contributed by atoms with Gasteiger partial charge in [-0.3, -0.25) is 4.57 Å². The highest BCUT2D eigenvalue weighted by atomic mass is 35.5. The monoisotopic (exact) mass is 305 g/mol. The van der Waals surface area contributed by atoms with Crippen molar-refractivity contribution in [3.63, 3.8) is 0 Å². The van der Waals surface area contributed by atoms with E-state index in [1.165, 1.54) is 0 Å². The quantitative estimate of drug-likeness (QED) is 0.726. The van der Waals surface area contributed by atoms with Crippen molar-refractivity contribution < 1.29 is 4.74 Å². The Kier molecular flexibility index (Phi) is 3.23. The van der Waals surface area contributed by atoms with Gasteiger partial charge >= 0.3 is 0 Å². The van der Waals surface area contributed by atoms with Crippen LogP contribution in [0.4, 0.5) is 0 Å². The van der Waals surface area contributed by atoms with Gasteiger partial charge < -0.3 is 9.72 Å². The van der Waals surface area contributed by atoms with E-state index in [9.17, 15) is 0 Å². The molecule has 1 N–H and O–H groups in total. The first-order valence-electron chi connectivity index (χ1n) is 6.01. The molecule has 3 rings (SSSR count). The van der Waals surface area contributed by atoms with E-state index in [1.54, 1.807) is 13.3 Å². The predicted octanol–water partition coefficient (Wildman–Crippen LogP) is 4.05. The Morgan fingerprint density at radius 2 is 2.15 bits per heavy atom. The topological polar surface area (TPSA) is 42.8 Å². The highest BCUT2D eigenvalue weighted by Gasteiger charge is 2.09. The number of rotatable bonds is 2. The number of hydrogen-bond acceptors (Lipinski definition) is 3. The van der Waals surface area contributed by atoms with Gasteiger partial charge in [0.25, 0.3) is 0 Å². The van der Waals surface area contributed by atoms with Crippen LogP contribution in [0.2, 0.25) is 5.02 Å². The fraction of sp³-hybridized carbons (Fsp3) is 0.143. The zero-order valence-corrected chi connectivity index (χ0v) is 12.5. The maximum Gasteiger partial charge on any atom is 0.183 e. The lowest BCUT2D eigenvalue weighted by molar-refractivity contribution is 0.411. The highest BCUT2D eigenvalue weighted by Crippen LogP contribution is 2.24. The summed E-state index contributed by atoms with van der Waals surface area (Å²) >= 11 is 11.3. The molecule has 0 saturated carbocycles. The number of ether oxygens (including phenoxy) is 1. The molecule has 6 heteroatoms. The van der Waals surface area contributed by atoms with Crippen molar-refractivity contribution in [2.24, 2.45) is 0 Å². The Hall–Kier alpha value is -1.85. The minimum atomic E-state index is 0.576. The molecular weight excluding hydrogens is 294 g/mol. The molecule has 0 amide bonds. The van der Waals surface area contributed by atoms with E-state index in [1.807, 2.05) is 35.8 Å². The normalized spacial score (nSPS) is 10.9. The smallest absolute Gasteiger partial charge is 0.183 e. The molecule has 0 unspecified atom stereocenters. The number of aryl methyl sites for hydroxylation is 1. The molecule has 20 heavy (non-hydrogen) atoms. The van der Waals surface area contributed by atoms with Crippen molar-refractivity contribution in [2.75, 3.05) is 7.11 Å². The summed E-state index contributed by atoms with van der Waals surface area (Å²) in [6.45, 7) is 1.99. The van der Waals surface area contributed by atoms with Crippen LogP contribution in [-0.2, 0) is 0 Å². The van der Waals surface area contributed by atoms with Crippen LogP contribution in [0.1, 0.15) is 5.56 Å². The molecular formula is C14H12ClN3OS. The summed E-state index contributed by atoms with van der Waals surface area (Å²) in [5.74, 6) is 0.844. The number of pyridine rings is 1. The van der Waals surface area contributed by atoms with Crippen molar-refractivity contribution in [1.29, 1.82) is 0 Å². The number of nitrogens with one attached hydrogen (secondary N) is 1. The van der Waals surface area contributed by atoms with Gasteiger partial charge in [-0.25, -0.2) is 4.98 Å². The fourth-order valence-corrected chi connectivity index (χ4v) is 2.67. The Labute approximate surface area is 126 Å². The van der Waals surface area contributed by atoms with Gasteiger partial charge in [-0.05, 0) is 49.0 Å². The summed E-state index contributed by atoms with van der Waals surface area (Å²) in [7, 11) is 1.66. The molecule has 0 fully saturated rings. The standard InChI is InChI=1S/C14H12ClN3OS/c1-8-5-10(3-4-12(8)19-2)18-13-11(17-14(18)20)6-9(15)7-16-13/h3-7H,1-2H3,(H,17,20). The molecule has 0 bridgehead atoms. The third kappa shape index (κ3) is 2.09. The van der Waals surface area contributed by atoms with Gasteiger partial charge in [0.2, 0.25) is 0 Å². The molecule has 2 aromatic heterocycles. The molecule has 3 aromatic rings. The minimum Gasteiger partial charge on any atom is -0.496 e. The van der Waals surface area contributed by atoms with Gasteiger partial charge in [0, 0.05) is 6.20 Å². The number of halogens is 1. The van der Waals surface area contributed by atoms with Crippen molar-refractivity contribution >= 4 is 35.0 Å². The number of H-pyrrole nitrogens is 1. The summed E-state index contributed by atoms with van der Waals surface area (Å²) in [6, 6.07) is 7.69. The molecule has 2 heterocycles. The Bertz CT molecular complexity index is 853. The number of benzene rings is 1. The molecule has 0 spiro atoms. The number of aromatic nitrogens is 3. The Balaban J connectivity index is 2.26. The first-order valence-corrected chi connectivity index (χ1v) is 6.80. The number of aromatic amines is 1. The predicted molar refractivity (Wildman–Crippen MR) is 82.6 cm³/mol. The zero-order valence-electron chi connectivity index (χ0n) is 11.0. The highest BCUT2D eigenvalue weighted by molar-refractivity contribution is 7.71. The van der Waals surface area contributed by atoms with Crippen LogP contribution in [0.25, 0.3) is 16.9 Å². The Morgan fingerprint density at radius 1 is 1.35 bits per heavy atom. The third-order valence-corrected chi connectivity index (χ3v) is 3.62. The van der Waals surface area contributed by atoms with Crippen LogP contribution >= 0.6 is 23.8 Å². The lowest BCUT2D eigenvalue weighted by Gasteiger charge is -2.08. The summed E-state index contributed by atoms with van der Waals surface area (Å²) in [4.78, 5) is 7.47. The minimum absolute atomic E-state index is 0.576. The number of hydrogen-bond donors (Lipinski definition) is 1. The van der Waals surface area contributed by atoms with Crippen molar-refractivity contribution in [3.05, 3.63) is 45.8 Å². The molecule has 0 aliphatic rings. The SMILES string of the molecule is COc1ccc(-n2c(=S)[nH]c3cc(Cl)cnc32)cc1C. The van der Waals surface area contributed by atoms with Crippen LogP contribution in [-0.4, -0.2) is 21.6 Å². The van der Waals surface area contributed by atoms with Crippen LogP contribution in [0.15, 0.2) is 30.5 Å². The summed E-state index contributed by atoms with van der Waals surface area (Å²) < 4.78 is 7.74.